The van der Waals surface area contributed by atoms with Gasteiger partial charge in [0, 0.05) is 6.54 Å². The molecule has 0 aliphatic carbocycles. The van der Waals surface area contributed by atoms with Crippen LogP contribution >= 0.6 is 0 Å². The second-order valence-corrected chi connectivity index (χ2v) is 1.31. The van der Waals surface area contributed by atoms with Gasteiger partial charge in [-0.25, -0.2) is 0 Å². The SMILES string of the molecule is C1=CCNC=C1.O[B]O. The largest absolute Gasteiger partial charge is 0.482 e. The lowest BCUT2D eigenvalue weighted by Crippen LogP contribution is -2.05. The molecule has 9 heavy (non-hydrogen) atoms. The Kier molecular flexibility index (Phi) is 6.67. The molecule has 0 aromatic heterocycles. The summed E-state index contributed by atoms with van der Waals surface area (Å²) < 4.78 is 0. The summed E-state index contributed by atoms with van der Waals surface area (Å²) in [4.78, 5) is 0. The van der Waals surface area contributed by atoms with Crippen molar-refractivity contribution in [1.29, 1.82) is 0 Å². The van der Waals surface area contributed by atoms with E-state index < -0.39 is 0 Å². The van der Waals surface area contributed by atoms with E-state index in [1.54, 1.807) is 0 Å². The van der Waals surface area contributed by atoms with E-state index in [-0.39, 0.29) is 7.69 Å². The first kappa shape index (κ1) is 8.26. The van der Waals surface area contributed by atoms with Crippen molar-refractivity contribution in [3.8, 4) is 0 Å². The first-order chi connectivity index (χ1) is 4.41. The molecular formula is C5H9BNO2. The van der Waals surface area contributed by atoms with Gasteiger partial charge in [-0.15, -0.1) is 0 Å². The number of hydrogen-bond donors (Lipinski definition) is 3. The highest BCUT2D eigenvalue weighted by Crippen LogP contribution is 1.78. The van der Waals surface area contributed by atoms with E-state index in [0.717, 1.165) is 6.54 Å². The van der Waals surface area contributed by atoms with Crippen LogP contribution in [0.1, 0.15) is 0 Å². The van der Waals surface area contributed by atoms with Crippen LogP contribution in [0.3, 0.4) is 0 Å². The lowest BCUT2D eigenvalue weighted by atomic mass is 10.4. The first-order valence-electron chi connectivity index (χ1n) is 2.57. The number of rotatable bonds is 0. The van der Waals surface area contributed by atoms with Crippen molar-refractivity contribution < 1.29 is 10.0 Å². The molecule has 3 nitrogen and oxygen atoms in total. The van der Waals surface area contributed by atoms with Crippen molar-refractivity contribution >= 4 is 7.69 Å². The standard InChI is InChI=1S/C5H7N.BH2O2/c1-2-4-6-5-3-1;2-1-3/h1-4,6H,5H2;2-3H. The van der Waals surface area contributed by atoms with Crippen molar-refractivity contribution in [3.63, 3.8) is 0 Å². The minimum absolute atomic E-state index is 0. The van der Waals surface area contributed by atoms with Gasteiger partial charge < -0.3 is 15.4 Å². The molecule has 0 atom stereocenters. The molecule has 0 unspecified atom stereocenters. The van der Waals surface area contributed by atoms with Crippen molar-refractivity contribution in [2.75, 3.05) is 6.54 Å². The van der Waals surface area contributed by atoms with Gasteiger partial charge in [-0.3, -0.25) is 0 Å². The Balaban J connectivity index is 0.000000187. The summed E-state index contributed by atoms with van der Waals surface area (Å²) in [6.45, 7) is 0.983. The zero-order valence-corrected chi connectivity index (χ0v) is 4.99. The third kappa shape index (κ3) is 7.26. The Morgan fingerprint density at radius 1 is 1.33 bits per heavy atom. The highest BCUT2D eigenvalue weighted by Gasteiger charge is 1.73. The fourth-order valence-electron chi connectivity index (χ4n) is 0.406. The van der Waals surface area contributed by atoms with Gasteiger partial charge in [0.15, 0.2) is 0 Å². The van der Waals surface area contributed by atoms with Gasteiger partial charge in [0.1, 0.15) is 0 Å². The molecule has 0 aromatic carbocycles. The van der Waals surface area contributed by atoms with Gasteiger partial charge in [0.2, 0.25) is 0 Å². The third-order valence-electron chi connectivity index (χ3n) is 0.697. The van der Waals surface area contributed by atoms with Crippen LogP contribution in [0, 0.1) is 0 Å². The van der Waals surface area contributed by atoms with Crippen molar-refractivity contribution in [3.05, 3.63) is 24.4 Å². The number of nitrogens with one attached hydrogen (secondary N) is 1. The second-order valence-electron chi connectivity index (χ2n) is 1.31. The van der Waals surface area contributed by atoms with Gasteiger partial charge in [0.25, 0.3) is 0 Å². The Bertz CT molecular complexity index is 91.1. The topological polar surface area (TPSA) is 52.5 Å². The van der Waals surface area contributed by atoms with Crippen LogP contribution in [0.5, 0.6) is 0 Å². The van der Waals surface area contributed by atoms with E-state index in [9.17, 15) is 0 Å². The maximum absolute atomic E-state index is 7.00. The molecule has 0 bridgehead atoms. The maximum atomic E-state index is 7.00. The molecule has 0 saturated carbocycles. The van der Waals surface area contributed by atoms with E-state index in [1.807, 2.05) is 18.4 Å². The van der Waals surface area contributed by atoms with Crippen LogP contribution in [0.25, 0.3) is 0 Å². The lowest BCUT2D eigenvalue weighted by molar-refractivity contribution is 0.448. The summed E-state index contributed by atoms with van der Waals surface area (Å²) in [6, 6.07) is 0. The van der Waals surface area contributed by atoms with Crippen LogP contribution in [-0.2, 0) is 0 Å². The predicted octanol–water partition coefficient (Wildman–Crippen LogP) is -0.835. The maximum Gasteiger partial charge on any atom is 0.482 e. The summed E-state index contributed by atoms with van der Waals surface area (Å²) in [5.41, 5.74) is 0. The van der Waals surface area contributed by atoms with E-state index in [1.165, 1.54) is 0 Å². The van der Waals surface area contributed by atoms with Crippen LogP contribution in [0.15, 0.2) is 24.4 Å². The Labute approximate surface area is 55.0 Å². The summed E-state index contributed by atoms with van der Waals surface area (Å²) in [5, 5.41) is 17.0. The number of hydrogen-bond acceptors (Lipinski definition) is 3. The third-order valence-corrected chi connectivity index (χ3v) is 0.697. The molecular weight excluding hydrogens is 117 g/mol. The summed E-state index contributed by atoms with van der Waals surface area (Å²) in [7, 11) is 0. The van der Waals surface area contributed by atoms with E-state index in [2.05, 4.69) is 11.4 Å². The van der Waals surface area contributed by atoms with Gasteiger partial charge in [-0.1, -0.05) is 12.2 Å². The summed E-state index contributed by atoms with van der Waals surface area (Å²) in [5.74, 6) is 0. The molecule has 1 aliphatic rings. The average Bonchev–Trinajstić information content (AvgIpc) is 1.93. The highest BCUT2D eigenvalue weighted by molar-refractivity contribution is 6.13. The molecule has 3 N–H and O–H groups in total. The summed E-state index contributed by atoms with van der Waals surface area (Å²) in [6.07, 6.45) is 8.00. The van der Waals surface area contributed by atoms with Gasteiger partial charge in [0.05, 0.1) is 0 Å². The Hall–Kier alpha value is -0.735. The average molecular weight is 126 g/mol. The predicted molar refractivity (Wildman–Crippen MR) is 36.5 cm³/mol. The molecule has 1 radical (unpaired) electrons. The van der Waals surface area contributed by atoms with E-state index in [4.69, 9.17) is 10.0 Å². The van der Waals surface area contributed by atoms with E-state index in [0.29, 0.717) is 0 Å². The van der Waals surface area contributed by atoms with Crippen molar-refractivity contribution in [2.45, 2.75) is 0 Å². The molecule has 49 valence electrons. The normalized spacial score (nSPS) is 13.1. The zero-order valence-electron chi connectivity index (χ0n) is 4.99. The monoisotopic (exact) mass is 126 g/mol. The second kappa shape index (κ2) is 7.26. The fourth-order valence-corrected chi connectivity index (χ4v) is 0.406. The van der Waals surface area contributed by atoms with Gasteiger partial charge >= 0.3 is 7.69 Å². The molecule has 4 heteroatoms. The fraction of sp³-hybridized carbons (Fsp3) is 0.200. The molecule has 1 rings (SSSR count). The molecule has 0 spiro atoms. The Morgan fingerprint density at radius 2 is 2.00 bits per heavy atom. The minimum Gasteiger partial charge on any atom is -0.429 e. The first-order valence-corrected chi connectivity index (χ1v) is 2.57. The van der Waals surface area contributed by atoms with Gasteiger partial charge in [-0.2, -0.15) is 0 Å². The van der Waals surface area contributed by atoms with Crippen LogP contribution < -0.4 is 5.32 Å². The smallest absolute Gasteiger partial charge is 0.429 e. The quantitative estimate of drug-likeness (QED) is 0.371. The number of allylic oxidation sites excluding steroid dienone is 2. The molecule has 0 saturated heterocycles. The molecule has 0 aromatic rings. The Morgan fingerprint density at radius 3 is 2.11 bits per heavy atom. The van der Waals surface area contributed by atoms with E-state index >= 15 is 0 Å². The zero-order chi connectivity index (χ0) is 6.95. The molecule has 1 heterocycles. The van der Waals surface area contributed by atoms with Crippen molar-refractivity contribution in [1.82, 2.24) is 5.32 Å². The van der Waals surface area contributed by atoms with Crippen LogP contribution in [-0.4, -0.2) is 24.3 Å². The molecule has 0 amide bonds. The van der Waals surface area contributed by atoms with Crippen molar-refractivity contribution in [2.24, 2.45) is 0 Å². The number of dihydropyridines is 1. The summed E-state index contributed by atoms with van der Waals surface area (Å²) >= 11 is 0. The minimum atomic E-state index is 0. The van der Waals surface area contributed by atoms with Crippen LogP contribution in [0.4, 0.5) is 0 Å². The lowest BCUT2D eigenvalue weighted by Gasteiger charge is -1.94. The highest BCUT2D eigenvalue weighted by atomic mass is 16.4. The molecule has 1 aliphatic heterocycles. The van der Waals surface area contributed by atoms with Crippen LogP contribution in [0.2, 0.25) is 0 Å². The molecule has 0 fully saturated rings. The van der Waals surface area contributed by atoms with Gasteiger partial charge in [-0.05, 0) is 12.3 Å².